The largest absolute Gasteiger partial charge is 0.379 e. The van der Waals surface area contributed by atoms with E-state index in [4.69, 9.17) is 4.74 Å². The number of benzene rings is 1. The Kier molecular flexibility index (Phi) is 5.32. The van der Waals surface area contributed by atoms with Crippen LogP contribution in [0.25, 0.3) is 0 Å². The molecule has 3 rings (SSSR count). The number of hydrogen-bond donors (Lipinski definition) is 0. The molecule has 0 N–H and O–H groups in total. The van der Waals surface area contributed by atoms with E-state index in [0.29, 0.717) is 34.6 Å². The second-order valence-corrected chi connectivity index (χ2v) is 10.5. The minimum absolute atomic E-state index is 0.378. The van der Waals surface area contributed by atoms with E-state index >= 15 is 0 Å². The summed E-state index contributed by atoms with van der Waals surface area (Å²) >= 11 is 2.55. The van der Waals surface area contributed by atoms with Gasteiger partial charge in [0.05, 0.1) is 18.1 Å². The number of halogens is 1. The molecule has 0 amide bonds. The molecule has 1 aromatic rings. The zero-order valence-corrected chi connectivity index (χ0v) is 16.3. The molecule has 23 heavy (non-hydrogen) atoms. The monoisotopic (exact) mass is 450 g/mol. The van der Waals surface area contributed by atoms with Crippen molar-refractivity contribution in [3.63, 3.8) is 0 Å². The highest BCUT2D eigenvalue weighted by Crippen LogP contribution is 2.34. The molecule has 1 aromatic carbocycles. The van der Waals surface area contributed by atoms with Crippen LogP contribution in [0.15, 0.2) is 29.2 Å². The molecule has 0 spiro atoms. The first-order valence-corrected chi connectivity index (χ1v) is 10.5. The number of ether oxygens (including phenoxy) is 1. The Bertz CT molecular complexity index is 636. The molecular weight excluding hydrogens is 427 g/mol. The van der Waals surface area contributed by atoms with Crippen molar-refractivity contribution in [3.8, 4) is 0 Å². The molecule has 2 aliphatic rings. The van der Waals surface area contributed by atoms with Crippen LogP contribution in [0, 0.1) is 0 Å². The van der Waals surface area contributed by atoms with Crippen molar-refractivity contribution >= 4 is 32.6 Å². The average Bonchev–Trinajstić information content (AvgIpc) is 2.54. The topological polar surface area (TPSA) is 49.9 Å². The van der Waals surface area contributed by atoms with Crippen LogP contribution >= 0.6 is 22.6 Å². The SMILES string of the molecule is CCC1(I)CN(Cc2ccc(S(=O)(=O)N3CCOCC3)cc2)C1. The van der Waals surface area contributed by atoms with Crippen LogP contribution in [0.5, 0.6) is 0 Å². The van der Waals surface area contributed by atoms with Crippen molar-refractivity contribution in [1.29, 1.82) is 0 Å². The molecule has 0 aliphatic carbocycles. The summed E-state index contributed by atoms with van der Waals surface area (Å²) in [4.78, 5) is 2.78. The normalized spacial score (nSPS) is 22.7. The van der Waals surface area contributed by atoms with Crippen LogP contribution in [-0.2, 0) is 21.3 Å². The molecule has 0 aromatic heterocycles. The number of nitrogens with zero attached hydrogens (tertiary/aromatic N) is 2. The molecule has 2 fully saturated rings. The molecule has 7 heteroatoms. The van der Waals surface area contributed by atoms with Gasteiger partial charge in [-0.3, -0.25) is 4.90 Å². The second kappa shape index (κ2) is 6.95. The molecule has 128 valence electrons. The Balaban J connectivity index is 1.63. The lowest BCUT2D eigenvalue weighted by molar-refractivity contribution is 0.0730. The standard InChI is InChI=1S/C16H23IN2O3S/c1-2-16(17)12-18(13-16)11-14-3-5-15(6-4-14)23(20,21)19-7-9-22-10-8-19/h3-6H,2,7-13H2,1H3. The summed E-state index contributed by atoms with van der Waals surface area (Å²) < 4.78 is 32.3. The van der Waals surface area contributed by atoms with E-state index in [2.05, 4.69) is 34.4 Å². The maximum Gasteiger partial charge on any atom is 0.243 e. The minimum atomic E-state index is -3.38. The summed E-state index contributed by atoms with van der Waals surface area (Å²) in [6.45, 7) is 7.16. The van der Waals surface area contributed by atoms with Gasteiger partial charge in [0.2, 0.25) is 10.0 Å². The summed E-state index contributed by atoms with van der Waals surface area (Å²) in [5.41, 5.74) is 1.17. The smallest absolute Gasteiger partial charge is 0.243 e. The van der Waals surface area contributed by atoms with Gasteiger partial charge in [0, 0.05) is 36.1 Å². The quantitative estimate of drug-likeness (QED) is 0.510. The molecule has 0 unspecified atom stereocenters. The van der Waals surface area contributed by atoms with E-state index in [1.807, 2.05) is 12.1 Å². The maximum absolute atomic E-state index is 12.6. The van der Waals surface area contributed by atoms with Gasteiger partial charge in [0.25, 0.3) is 0 Å². The molecule has 2 heterocycles. The molecule has 2 aliphatic heterocycles. The fourth-order valence-electron chi connectivity index (χ4n) is 3.05. The van der Waals surface area contributed by atoms with Crippen molar-refractivity contribution in [2.45, 2.75) is 28.2 Å². The molecular formula is C16H23IN2O3S. The Labute approximate surface area is 152 Å². The third-order valence-electron chi connectivity index (χ3n) is 4.58. The lowest BCUT2D eigenvalue weighted by Crippen LogP contribution is -2.56. The number of rotatable bonds is 5. The Hall–Kier alpha value is -0.220. The van der Waals surface area contributed by atoms with Gasteiger partial charge in [-0.1, -0.05) is 41.6 Å². The zero-order valence-electron chi connectivity index (χ0n) is 13.4. The summed E-state index contributed by atoms with van der Waals surface area (Å²) in [5.74, 6) is 0. The highest BCUT2D eigenvalue weighted by molar-refractivity contribution is 14.1. The molecule has 5 nitrogen and oxygen atoms in total. The van der Waals surface area contributed by atoms with Crippen LogP contribution < -0.4 is 0 Å². The highest BCUT2D eigenvalue weighted by atomic mass is 127. The fraction of sp³-hybridized carbons (Fsp3) is 0.625. The van der Waals surface area contributed by atoms with E-state index in [1.54, 1.807) is 12.1 Å². The summed E-state index contributed by atoms with van der Waals surface area (Å²) in [6, 6.07) is 7.34. The van der Waals surface area contributed by atoms with Gasteiger partial charge in [-0.15, -0.1) is 0 Å². The summed E-state index contributed by atoms with van der Waals surface area (Å²) in [5, 5.41) is 0. The Morgan fingerprint density at radius 3 is 2.35 bits per heavy atom. The lowest BCUT2D eigenvalue weighted by Gasteiger charge is -2.46. The van der Waals surface area contributed by atoms with Crippen LogP contribution in [0.1, 0.15) is 18.9 Å². The average molecular weight is 450 g/mol. The first kappa shape index (κ1) is 17.6. The zero-order chi connectivity index (χ0) is 16.5. The van der Waals surface area contributed by atoms with Crippen LogP contribution in [0.3, 0.4) is 0 Å². The predicted molar refractivity (Wildman–Crippen MR) is 98.3 cm³/mol. The van der Waals surface area contributed by atoms with Crippen LogP contribution in [-0.4, -0.2) is 60.4 Å². The molecule has 2 saturated heterocycles. The molecule has 0 bridgehead atoms. The van der Waals surface area contributed by atoms with Gasteiger partial charge < -0.3 is 4.74 Å². The van der Waals surface area contributed by atoms with Crippen LogP contribution in [0.4, 0.5) is 0 Å². The fourth-order valence-corrected chi connectivity index (χ4v) is 5.42. The number of sulfonamides is 1. The van der Waals surface area contributed by atoms with Crippen LogP contribution in [0.2, 0.25) is 0 Å². The van der Waals surface area contributed by atoms with Crippen molar-refractivity contribution in [1.82, 2.24) is 9.21 Å². The maximum atomic E-state index is 12.6. The predicted octanol–water partition coefficient (Wildman–Crippen LogP) is 2.11. The third-order valence-corrected chi connectivity index (χ3v) is 7.94. The van der Waals surface area contributed by atoms with E-state index in [-0.39, 0.29) is 0 Å². The number of hydrogen-bond acceptors (Lipinski definition) is 4. The minimum Gasteiger partial charge on any atom is -0.379 e. The first-order valence-electron chi connectivity index (χ1n) is 8.01. The van der Waals surface area contributed by atoms with E-state index in [1.165, 1.54) is 16.3 Å². The van der Waals surface area contributed by atoms with Gasteiger partial charge in [-0.05, 0) is 24.1 Å². The third kappa shape index (κ3) is 3.89. The molecule has 0 radical (unpaired) electrons. The van der Waals surface area contributed by atoms with Crippen molar-refractivity contribution in [3.05, 3.63) is 29.8 Å². The Morgan fingerprint density at radius 1 is 1.17 bits per heavy atom. The molecule has 0 saturated carbocycles. The van der Waals surface area contributed by atoms with E-state index in [9.17, 15) is 8.42 Å². The number of likely N-dealkylation sites (tertiary alicyclic amines) is 1. The molecule has 0 atom stereocenters. The van der Waals surface area contributed by atoms with E-state index in [0.717, 1.165) is 19.6 Å². The lowest BCUT2D eigenvalue weighted by atomic mass is 9.96. The summed E-state index contributed by atoms with van der Waals surface area (Å²) in [7, 11) is -3.38. The first-order chi connectivity index (χ1) is 10.9. The summed E-state index contributed by atoms with van der Waals surface area (Å²) in [6.07, 6.45) is 1.20. The Morgan fingerprint density at radius 2 is 1.78 bits per heavy atom. The highest BCUT2D eigenvalue weighted by Gasteiger charge is 2.38. The van der Waals surface area contributed by atoms with Gasteiger partial charge in [0.15, 0.2) is 0 Å². The second-order valence-electron chi connectivity index (χ2n) is 6.31. The van der Waals surface area contributed by atoms with Crippen molar-refractivity contribution in [2.24, 2.45) is 0 Å². The van der Waals surface area contributed by atoms with Gasteiger partial charge in [-0.25, -0.2) is 8.42 Å². The van der Waals surface area contributed by atoms with Crippen molar-refractivity contribution in [2.75, 3.05) is 39.4 Å². The van der Waals surface area contributed by atoms with Gasteiger partial charge >= 0.3 is 0 Å². The van der Waals surface area contributed by atoms with Gasteiger partial charge in [0.1, 0.15) is 0 Å². The van der Waals surface area contributed by atoms with Gasteiger partial charge in [-0.2, -0.15) is 4.31 Å². The van der Waals surface area contributed by atoms with Crippen molar-refractivity contribution < 1.29 is 13.2 Å². The number of alkyl halides is 1. The van der Waals surface area contributed by atoms with E-state index < -0.39 is 10.0 Å². The number of morpholine rings is 1.